The van der Waals surface area contributed by atoms with Crippen molar-refractivity contribution < 1.29 is 24.2 Å². The van der Waals surface area contributed by atoms with E-state index in [4.69, 9.17) is 21.1 Å². The number of methoxy groups -OCH3 is 1. The molecule has 2 fully saturated rings. The number of rotatable bonds is 7. The van der Waals surface area contributed by atoms with E-state index in [9.17, 15) is 14.7 Å². The topological polar surface area (TPSA) is 123 Å². The molecule has 1 amide bonds. The summed E-state index contributed by atoms with van der Waals surface area (Å²) in [6, 6.07) is 4.66. The third kappa shape index (κ3) is 3.66. The van der Waals surface area contributed by atoms with Crippen molar-refractivity contribution in [3.8, 4) is 11.6 Å². The minimum atomic E-state index is -1.26. The highest BCUT2D eigenvalue weighted by atomic mass is 35.5. The number of hydrogen-bond donors (Lipinski definition) is 3. The third-order valence-corrected chi connectivity index (χ3v) is 5.76. The van der Waals surface area contributed by atoms with E-state index >= 15 is 0 Å². The van der Waals surface area contributed by atoms with Gasteiger partial charge >= 0.3 is 5.97 Å². The molecule has 1 aromatic heterocycles. The van der Waals surface area contributed by atoms with Gasteiger partial charge in [0.1, 0.15) is 17.4 Å². The van der Waals surface area contributed by atoms with Crippen LogP contribution >= 0.6 is 11.6 Å². The van der Waals surface area contributed by atoms with Gasteiger partial charge in [-0.05, 0) is 18.6 Å². The first-order valence-corrected chi connectivity index (χ1v) is 9.83. The average molecular weight is 433 g/mol. The zero-order valence-electron chi connectivity index (χ0n) is 16.2. The highest BCUT2D eigenvalue weighted by Gasteiger charge is 2.60. The van der Waals surface area contributed by atoms with Gasteiger partial charge in [-0.2, -0.15) is 0 Å². The SMILES string of the molecule is C=C[C@@H]1C[C@]1(NC(=O)[C@H]1C[C@@H](Oc2nc3cc(OC)ccc3nc2Cl)CN1)C(=O)O. The molecule has 2 aliphatic rings. The Morgan fingerprint density at radius 3 is 2.87 bits per heavy atom. The highest BCUT2D eigenvalue weighted by Crippen LogP contribution is 2.44. The summed E-state index contributed by atoms with van der Waals surface area (Å²) < 4.78 is 11.1. The lowest BCUT2D eigenvalue weighted by Gasteiger charge is -2.17. The number of aliphatic carboxylic acids is 1. The van der Waals surface area contributed by atoms with Gasteiger partial charge in [-0.3, -0.25) is 4.79 Å². The lowest BCUT2D eigenvalue weighted by molar-refractivity contribution is -0.143. The van der Waals surface area contributed by atoms with E-state index in [2.05, 4.69) is 27.2 Å². The smallest absolute Gasteiger partial charge is 0.330 e. The van der Waals surface area contributed by atoms with Crippen LogP contribution < -0.4 is 20.1 Å². The maximum Gasteiger partial charge on any atom is 0.330 e. The minimum Gasteiger partial charge on any atom is -0.497 e. The number of hydrogen-bond acceptors (Lipinski definition) is 7. The number of carbonyl (C=O) groups excluding carboxylic acids is 1. The molecule has 4 rings (SSSR count). The summed E-state index contributed by atoms with van der Waals surface area (Å²) in [7, 11) is 1.56. The van der Waals surface area contributed by atoms with Crippen LogP contribution in [0.25, 0.3) is 11.0 Å². The summed E-state index contributed by atoms with van der Waals surface area (Å²) in [6.45, 7) is 4.01. The number of nitrogens with one attached hydrogen (secondary N) is 2. The van der Waals surface area contributed by atoms with Gasteiger partial charge in [0.25, 0.3) is 5.88 Å². The van der Waals surface area contributed by atoms with Crippen molar-refractivity contribution in [3.05, 3.63) is 36.0 Å². The van der Waals surface area contributed by atoms with Gasteiger partial charge in [0.15, 0.2) is 5.15 Å². The summed E-state index contributed by atoms with van der Waals surface area (Å²) in [5.41, 5.74) is -0.0808. The molecule has 0 bridgehead atoms. The second-order valence-corrected chi connectivity index (χ2v) is 7.78. The summed E-state index contributed by atoms with van der Waals surface area (Å²) in [6.07, 6.45) is 1.87. The van der Waals surface area contributed by atoms with E-state index in [1.165, 1.54) is 0 Å². The molecule has 4 atom stereocenters. The van der Waals surface area contributed by atoms with Gasteiger partial charge in [-0.15, -0.1) is 6.58 Å². The molecule has 1 aliphatic heterocycles. The molecule has 1 aliphatic carbocycles. The molecule has 3 N–H and O–H groups in total. The van der Waals surface area contributed by atoms with Crippen molar-refractivity contribution in [2.75, 3.05) is 13.7 Å². The molecule has 0 spiro atoms. The quantitative estimate of drug-likeness (QED) is 0.563. The molecule has 9 nitrogen and oxygen atoms in total. The largest absolute Gasteiger partial charge is 0.497 e. The average Bonchev–Trinajstić information content (AvgIpc) is 3.25. The monoisotopic (exact) mass is 432 g/mol. The standard InChI is InChI=1S/C20H21ClN4O5/c1-3-10-8-20(10,19(27)28)25-17(26)15-7-12(9-22-15)30-18-16(21)23-13-5-4-11(29-2)6-14(13)24-18/h3-6,10,12,15,22H,1,7-9H2,2H3,(H,25,26)(H,27,28)/t10-,12-,15-,20-/m1/s1. The van der Waals surface area contributed by atoms with Crippen molar-refractivity contribution in [3.63, 3.8) is 0 Å². The maximum atomic E-state index is 12.6. The first kappa shape index (κ1) is 20.4. The summed E-state index contributed by atoms with van der Waals surface area (Å²) >= 11 is 6.21. The first-order valence-electron chi connectivity index (χ1n) is 9.45. The molecule has 1 saturated carbocycles. The van der Waals surface area contributed by atoms with Gasteiger partial charge in [0, 0.05) is 24.9 Å². The van der Waals surface area contributed by atoms with Crippen LogP contribution in [0.1, 0.15) is 12.8 Å². The number of aromatic nitrogens is 2. The van der Waals surface area contributed by atoms with Crippen molar-refractivity contribution in [1.82, 2.24) is 20.6 Å². The van der Waals surface area contributed by atoms with E-state index in [1.807, 2.05) is 0 Å². The van der Waals surface area contributed by atoms with Crippen LogP contribution in [-0.2, 0) is 9.59 Å². The van der Waals surface area contributed by atoms with Crippen LogP contribution in [-0.4, -0.2) is 58.3 Å². The Morgan fingerprint density at radius 2 is 2.20 bits per heavy atom. The second-order valence-electron chi connectivity index (χ2n) is 7.42. The number of nitrogens with zero attached hydrogens (tertiary/aromatic N) is 2. The zero-order valence-corrected chi connectivity index (χ0v) is 17.0. The highest BCUT2D eigenvalue weighted by molar-refractivity contribution is 6.31. The molecule has 158 valence electrons. The number of amides is 1. The van der Waals surface area contributed by atoms with E-state index < -0.39 is 17.6 Å². The van der Waals surface area contributed by atoms with Crippen LogP contribution in [0.4, 0.5) is 0 Å². The van der Waals surface area contributed by atoms with Crippen LogP contribution in [0.5, 0.6) is 11.6 Å². The Morgan fingerprint density at radius 1 is 1.40 bits per heavy atom. The van der Waals surface area contributed by atoms with Gasteiger partial charge in [0.05, 0.1) is 24.2 Å². The van der Waals surface area contributed by atoms with Gasteiger partial charge < -0.3 is 25.2 Å². The number of fused-ring (bicyclic) bond motifs is 1. The second kappa shape index (κ2) is 7.73. The van der Waals surface area contributed by atoms with Gasteiger partial charge in [0.2, 0.25) is 5.91 Å². The number of ether oxygens (including phenoxy) is 2. The maximum absolute atomic E-state index is 12.6. The van der Waals surface area contributed by atoms with E-state index in [-0.39, 0.29) is 29.0 Å². The van der Waals surface area contributed by atoms with Crippen LogP contribution in [0.15, 0.2) is 30.9 Å². The fourth-order valence-electron chi connectivity index (χ4n) is 3.67. The summed E-state index contributed by atoms with van der Waals surface area (Å²) in [5.74, 6) is -0.902. The van der Waals surface area contributed by atoms with Gasteiger partial charge in [-0.25, -0.2) is 14.8 Å². The first-order chi connectivity index (χ1) is 14.4. The van der Waals surface area contributed by atoms with Crippen molar-refractivity contribution in [2.24, 2.45) is 5.92 Å². The van der Waals surface area contributed by atoms with Crippen molar-refractivity contribution in [1.29, 1.82) is 0 Å². The Bertz CT molecular complexity index is 1030. The Labute approximate surface area is 177 Å². The van der Waals surface area contributed by atoms with Gasteiger partial charge in [-0.1, -0.05) is 17.7 Å². The van der Waals surface area contributed by atoms with Crippen LogP contribution in [0.2, 0.25) is 5.15 Å². The van der Waals surface area contributed by atoms with Crippen LogP contribution in [0, 0.1) is 5.92 Å². The molecule has 10 heteroatoms. The summed E-state index contributed by atoms with van der Waals surface area (Å²) in [5, 5.41) is 15.3. The molecule has 2 heterocycles. The zero-order chi connectivity index (χ0) is 21.5. The molecule has 0 unspecified atom stereocenters. The molecular formula is C20H21ClN4O5. The summed E-state index contributed by atoms with van der Waals surface area (Å²) in [4.78, 5) is 32.8. The fourth-order valence-corrected chi connectivity index (χ4v) is 3.85. The predicted octanol–water partition coefficient (Wildman–Crippen LogP) is 1.55. The van der Waals surface area contributed by atoms with Crippen molar-refractivity contribution >= 4 is 34.5 Å². The third-order valence-electron chi connectivity index (χ3n) is 5.51. The van der Waals surface area contributed by atoms with Crippen LogP contribution in [0.3, 0.4) is 0 Å². The lowest BCUT2D eigenvalue weighted by atomic mass is 10.1. The molecule has 1 aromatic carbocycles. The Kier molecular flexibility index (Phi) is 5.25. The predicted molar refractivity (Wildman–Crippen MR) is 109 cm³/mol. The fraction of sp³-hybridized carbons (Fsp3) is 0.400. The number of carboxylic acids is 1. The number of carboxylic acid groups (broad SMARTS) is 1. The molecule has 1 saturated heterocycles. The normalized spacial score (nSPS) is 27.5. The van der Waals surface area contributed by atoms with Crippen molar-refractivity contribution in [2.45, 2.75) is 30.5 Å². The molecular weight excluding hydrogens is 412 g/mol. The number of carbonyl (C=O) groups is 2. The molecule has 30 heavy (non-hydrogen) atoms. The number of benzene rings is 1. The minimum absolute atomic E-state index is 0.122. The molecule has 2 aromatic rings. The lowest BCUT2D eigenvalue weighted by Crippen LogP contribution is -2.51. The van der Waals surface area contributed by atoms with E-state index in [0.29, 0.717) is 36.2 Å². The van der Waals surface area contributed by atoms with E-state index in [1.54, 1.807) is 31.4 Å². The van der Waals surface area contributed by atoms with E-state index in [0.717, 1.165) is 0 Å². The Balaban J connectivity index is 1.42. The number of halogens is 1. The molecule has 0 radical (unpaired) electrons. The Hall–Kier alpha value is -2.91.